The van der Waals surface area contributed by atoms with Crippen LogP contribution in [0.3, 0.4) is 0 Å². The van der Waals surface area contributed by atoms with Crippen LogP contribution >= 0.6 is 0 Å². The number of rotatable bonds is 5. The summed E-state index contributed by atoms with van der Waals surface area (Å²) in [6.07, 6.45) is 2.48. The van der Waals surface area contributed by atoms with Gasteiger partial charge in [0.25, 0.3) is 0 Å². The zero-order valence-corrected chi connectivity index (χ0v) is 20.9. The topological polar surface area (TPSA) is 24.9 Å². The van der Waals surface area contributed by atoms with Gasteiger partial charge in [0.1, 0.15) is 11.9 Å². The van der Waals surface area contributed by atoms with Crippen molar-refractivity contribution in [1.29, 1.82) is 0 Å². The average Bonchev–Trinajstić information content (AvgIpc) is 2.82. The molecule has 0 bridgehead atoms. The van der Waals surface area contributed by atoms with Gasteiger partial charge in [-0.25, -0.2) is 0 Å². The number of hydrogen-bond donors (Lipinski definition) is 0. The van der Waals surface area contributed by atoms with Crippen molar-refractivity contribution in [2.75, 3.05) is 44.8 Å². The Balaban J connectivity index is 0.00000141. The Morgan fingerprint density at radius 1 is 0.938 bits per heavy atom. The van der Waals surface area contributed by atoms with E-state index >= 15 is 0 Å². The van der Waals surface area contributed by atoms with Gasteiger partial charge in [0, 0.05) is 19.1 Å². The van der Waals surface area contributed by atoms with Gasteiger partial charge in [-0.05, 0) is 76.4 Å². The SMILES string of the molecule is CC.Cc1ccc(C2CCN(C)C(C(C)Oc3cc(C)ccc3N3CCOCC3)C2)cc1. The highest BCUT2D eigenvalue weighted by molar-refractivity contribution is 5.60. The molecule has 3 atom stereocenters. The quantitative estimate of drug-likeness (QED) is 0.588. The number of likely N-dealkylation sites (tertiary alicyclic amines) is 1. The van der Waals surface area contributed by atoms with E-state index in [1.807, 2.05) is 13.8 Å². The molecule has 0 amide bonds. The minimum Gasteiger partial charge on any atom is -0.487 e. The molecule has 32 heavy (non-hydrogen) atoms. The van der Waals surface area contributed by atoms with Crippen molar-refractivity contribution in [3.63, 3.8) is 0 Å². The molecule has 2 aromatic carbocycles. The Bertz CT molecular complexity index is 830. The summed E-state index contributed by atoms with van der Waals surface area (Å²) in [6, 6.07) is 16.1. The summed E-state index contributed by atoms with van der Waals surface area (Å²) < 4.78 is 12.2. The van der Waals surface area contributed by atoms with Crippen LogP contribution in [0.5, 0.6) is 5.75 Å². The lowest BCUT2D eigenvalue weighted by Crippen LogP contribution is -2.47. The zero-order chi connectivity index (χ0) is 23.1. The van der Waals surface area contributed by atoms with Crippen LogP contribution in [0.2, 0.25) is 0 Å². The second-order valence-corrected chi connectivity index (χ2v) is 9.07. The van der Waals surface area contributed by atoms with Crippen LogP contribution in [-0.2, 0) is 4.74 Å². The maximum Gasteiger partial charge on any atom is 0.143 e. The van der Waals surface area contributed by atoms with E-state index in [9.17, 15) is 0 Å². The second-order valence-electron chi connectivity index (χ2n) is 9.07. The van der Waals surface area contributed by atoms with Crippen LogP contribution in [0, 0.1) is 13.8 Å². The van der Waals surface area contributed by atoms with Gasteiger partial charge in [0.05, 0.1) is 18.9 Å². The van der Waals surface area contributed by atoms with Gasteiger partial charge in [-0.1, -0.05) is 49.7 Å². The fourth-order valence-electron chi connectivity index (χ4n) is 4.87. The van der Waals surface area contributed by atoms with Crippen LogP contribution in [0.4, 0.5) is 5.69 Å². The zero-order valence-electron chi connectivity index (χ0n) is 20.9. The lowest BCUT2D eigenvalue weighted by molar-refractivity contribution is 0.0607. The first-order chi connectivity index (χ1) is 15.5. The smallest absolute Gasteiger partial charge is 0.143 e. The van der Waals surface area contributed by atoms with Crippen LogP contribution in [0.1, 0.15) is 56.2 Å². The summed E-state index contributed by atoms with van der Waals surface area (Å²) in [5, 5.41) is 0. The molecule has 176 valence electrons. The minimum atomic E-state index is 0.129. The number of benzene rings is 2. The van der Waals surface area contributed by atoms with E-state index in [0.717, 1.165) is 45.0 Å². The van der Waals surface area contributed by atoms with Crippen molar-refractivity contribution in [3.05, 3.63) is 59.2 Å². The molecule has 0 aromatic heterocycles. The van der Waals surface area contributed by atoms with Gasteiger partial charge >= 0.3 is 0 Å². The molecule has 2 heterocycles. The highest BCUT2D eigenvalue weighted by Crippen LogP contribution is 2.36. The van der Waals surface area contributed by atoms with Gasteiger partial charge in [0.15, 0.2) is 0 Å². The van der Waals surface area contributed by atoms with Gasteiger partial charge in [-0.15, -0.1) is 0 Å². The molecule has 2 aliphatic heterocycles. The van der Waals surface area contributed by atoms with Crippen LogP contribution < -0.4 is 9.64 Å². The van der Waals surface area contributed by atoms with Crippen molar-refractivity contribution in [1.82, 2.24) is 4.90 Å². The van der Waals surface area contributed by atoms with Gasteiger partial charge in [0.2, 0.25) is 0 Å². The molecule has 3 unspecified atom stereocenters. The molecule has 4 rings (SSSR count). The van der Waals surface area contributed by atoms with Gasteiger partial charge in [-0.2, -0.15) is 0 Å². The number of morpholine rings is 1. The normalized spacial score (nSPS) is 22.6. The Labute approximate surface area is 195 Å². The van der Waals surface area contributed by atoms with E-state index in [4.69, 9.17) is 9.47 Å². The number of ether oxygens (including phenoxy) is 2. The van der Waals surface area contributed by atoms with E-state index in [0.29, 0.717) is 12.0 Å². The molecule has 0 N–H and O–H groups in total. The Kier molecular flexibility index (Phi) is 9.01. The van der Waals surface area contributed by atoms with Gasteiger partial charge < -0.3 is 14.4 Å². The molecule has 0 radical (unpaired) electrons. The van der Waals surface area contributed by atoms with Crippen LogP contribution in [0.15, 0.2) is 42.5 Å². The summed E-state index contributed by atoms with van der Waals surface area (Å²) in [6.45, 7) is 15.1. The third-order valence-corrected chi connectivity index (χ3v) is 6.79. The molecule has 0 spiro atoms. The largest absolute Gasteiger partial charge is 0.487 e. The molecular weight excluding hydrogens is 396 g/mol. The Morgan fingerprint density at radius 3 is 2.28 bits per heavy atom. The first-order valence-electron chi connectivity index (χ1n) is 12.4. The van der Waals surface area contributed by atoms with Crippen molar-refractivity contribution < 1.29 is 9.47 Å². The molecule has 2 saturated heterocycles. The third kappa shape index (κ3) is 6.05. The molecule has 2 aliphatic rings. The molecule has 2 fully saturated rings. The van der Waals surface area contributed by atoms with Crippen molar-refractivity contribution >= 4 is 5.69 Å². The fraction of sp³-hybridized carbons (Fsp3) is 0.571. The second kappa shape index (κ2) is 11.7. The van der Waals surface area contributed by atoms with Crippen LogP contribution in [0.25, 0.3) is 0 Å². The first-order valence-corrected chi connectivity index (χ1v) is 12.4. The fourth-order valence-corrected chi connectivity index (χ4v) is 4.87. The number of piperidine rings is 1. The van der Waals surface area contributed by atoms with E-state index in [1.165, 1.54) is 28.8 Å². The van der Waals surface area contributed by atoms with E-state index in [-0.39, 0.29) is 6.10 Å². The monoisotopic (exact) mass is 438 g/mol. The van der Waals surface area contributed by atoms with Crippen molar-refractivity contribution in [2.45, 2.75) is 65.5 Å². The first kappa shape index (κ1) is 24.6. The standard InChI is InChI=1S/C26H36N2O2.C2H6/c1-19-5-8-22(9-6-19)23-11-12-27(4)25(18-23)21(3)30-26-17-20(2)7-10-24(26)28-13-15-29-16-14-28;1-2/h5-10,17,21,23,25H,11-16,18H2,1-4H3;1-2H3. The third-order valence-electron chi connectivity index (χ3n) is 6.79. The molecule has 2 aromatic rings. The van der Waals surface area contributed by atoms with E-state index in [2.05, 4.69) is 80.1 Å². The number of anilines is 1. The maximum absolute atomic E-state index is 6.67. The van der Waals surface area contributed by atoms with E-state index < -0.39 is 0 Å². The molecule has 0 saturated carbocycles. The van der Waals surface area contributed by atoms with Crippen molar-refractivity contribution in [3.8, 4) is 5.75 Å². The summed E-state index contributed by atoms with van der Waals surface area (Å²) in [5.74, 6) is 1.62. The molecular formula is C28H42N2O2. The summed E-state index contributed by atoms with van der Waals surface area (Å²) in [7, 11) is 2.25. The Morgan fingerprint density at radius 2 is 1.59 bits per heavy atom. The van der Waals surface area contributed by atoms with E-state index in [1.54, 1.807) is 0 Å². The predicted octanol–water partition coefficient (Wildman–Crippen LogP) is 5.81. The van der Waals surface area contributed by atoms with Crippen molar-refractivity contribution in [2.24, 2.45) is 0 Å². The Hall–Kier alpha value is -2.04. The lowest BCUT2D eigenvalue weighted by Gasteiger charge is -2.41. The van der Waals surface area contributed by atoms with Crippen LogP contribution in [-0.4, -0.2) is 56.9 Å². The van der Waals surface area contributed by atoms with Gasteiger partial charge in [-0.3, -0.25) is 4.90 Å². The highest BCUT2D eigenvalue weighted by atomic mass is 16.5. The summed E-state index contributed by atoms with van der Waals surface area (Å²) >= 11 is 0. The molecule has 0 aliphatic carbocycles. The minimum absolute atomic E-state index is 0.129. The maximum atomic E-state index is 6.67. The number of aryl methyl sites for hydroxylation is 2. The number of nitrogens with zero attached hydrogens (tertiary/aromatic N) is 2. The molecule has 4 nitrogen and oxygen atoms in total. The summed E-state index contributed by atoms with van der Waals surface area (Å²) in [5.41, 5.74) is 5.23. The average molecular weight is 439 g/mol. The molecule has 4 heteroatoms. The lowest BCUT2D eigenvalue weighted by atomic mass is 9.83. The predicted molar refractivity (Wildman–Crippen MR) is 135 cm³/mol. The summed E-state index contributed by atoms with van der Waals surface area (Å²) in [4.78, 5) is 4.88. The highest BCUT2D eigenvalue weighted by Gasteiger charge is 2.32. The number of likely N-dealkylation sites (N-methyl/N-ethyl adjacent to an activating group) is 1. The number of hydrogen-bond acceptors (Lipinski definition) is 4.